The molecule has 3 nitrogen and oxygen atoms in total. The smallest absolute Gasteiger partial charge is 0.382 e. The number of hydrogen-bond acceptors (Lipinski definition) is 3. The van der Waals surface area contributed by atoms with Gasteiger partial charge in [0.1, 0.15) is 5.82 Å². The van der Waals surface area contributed by atoms with Crippen molar-refractivity contribution in [1.29, 1.82) is 0 Å². The van der Waals surface area contributed by atoms with Crippen LogP contribution in [0.5, 0.6) is 0 Å². The number of aromatic nitrogens is 2. The molecule has 0 aliphatic heterocycles. The summed E-state index contributed by atoms with van der Waals surface area (Å²) in [5, 5.41) is 4.60. The summed E-state index contributed by atoms with van der Waals surface area (Å²) >= 11 is 1.41. The highest BCUT2D eigenvalue weighted by atomic mass is 32.1. The molecular formula is C13H10F3N3S. The first-order valence-corrected chi connectivity index (χ1v) is 6.57. The van der Waals surface area contributed by atoms with Gasteiger partial charge in [-0.3, -0.25) is 4.68 Å². The number of halogens is 3. The summed E-state index contributed by atoms with van der Waals surface area (Å²) in [6.07, 6.45) is -4.33. The summed E-state index contributed by atoms with van der Waals surface area (Å²) in [7, 11) is 1.75. The molecule has 0 saturated carbocycles. The summed E-state index contributed by atoms with van der Waals surface area (Å²) in [6, 6.07) is 7.18. The number of fused-ring (bicyclic) bond motifs is 1. The number of anilines is 1. The minimum absolute atomic E-state index is 0.385. The van der Waals surface area contributed by atoms with Gasteiger partial charge in [-0.05, 0) is 29.7 Å². The average Bonchev–Trinajstić information content (AvgIpc) is 2.89. The van der Waals surface area contributed by atoms with Crippen LogP contribution in [-0.2, 0) is 13.2 Å². The van der Waals surface area contributed by atoms with Crippen molar-refractivity contribution in [1.82, 2.24) is 9.78 Å². The Labute approximate surface area is 116 Å². The van der Waals surface area contributed by atoms with Crippen molar-refractivity contribution in [2.75, 3.05) is 5.73 Å². The van der Waals surface area contributed by atoms with E-state index >= 15 is 0 Å². The zero-order chi connectivity index (χ0) is 14.5. The maximum atomic E-state index is 12.7. The lowest BCUT2D eigenvalue weighted by molar-refractivity contribution is -0.137. The Morgan fingerprint density at radius 3 is 2.55 bits per heavy atom. The SMILES string of the molecule is Cn1nc(N)cc1-c1cc2cc(C(F)(F)F)ccc2s1. The molecule has 1 aromatic carbocycles. The quantitative estimate of drug-likeness (QED) is 0.740. The number of nitrogen functional groups attached to an aromatic ring is 1. The predicted octanol–water partition coefficient (Wildman–Crippen LogP) is 3.90. The van der Waals surface area contributed by atoms with Crippen LogP contribution in [-0.4, -0.2) is 9.78 Å². The van der Waals surface area contributed by atoms with Crippen molar-refractivity contribution in [2.24, 2.45) is 7.05 Å². The van der Waals surface area contributed by atoms with Crippen LogP contribution >= 0.6 is 11.3 Å². The first-order valence-electron chi connectivity index (χ1n) is 5.75. The Hall–Kier alpha value is -2.02. The molecule has 0 unspecified atom stereocenters. The molecular weight excluding hydrogens is 287 g/mol. The summed E-state index contributed by atoms with van der Waals surface area (Å²) in [5.74, 6) is 0.385. The molecule has 20 heavy (non-hydrogen) atoms. The van der Waals surface area contributed by atoms with E-state index in [0.29, 0.717) is 11.2 Å². The molecule has 0 radical (unpaired) electrons. The van der Waals surface area contributed by atoms with Crippen LogP contribution in [0.15, 0.2) is 30.3 Å². The van der Waals surface area contributed by atoms with Crippen LogP contribution in [0, 0.1) is 0 Å². The molecule has 0 spiro atoms. The topological polar surface area (TPSA) is 43.8 Å². The molecule has 2 aromatic heterocycles. The van der Waals surface area contributed by atoms with Crippen molar-refractivity contribution in [2.45, 2.75) is 6.18 Å². The van der Waals surface area contributed by atoms with Crippen LogP contribution < -0.4 is 5.73 Å². The molecule has 0 aliphatic rings. The molecule has 0 fully saturated rings. The Morgan fingerprint density at radius 2 is 1.95 bits per heavy atom. The van der Waals surface area contributed by atoms with Crippen LogP contribution in [0.4, 0.5) is 19.0 Å². The van der Waals surface area contributed by atoms with Crippen LogP contribution in [0.1, 0.15) is 5.56 Å². The van der Waals surface area contributed by atoms with E-state index in [1.54, 1.807) is 23.9 Å². The lowest BCUT2D eigenvalue weighted by Crippen LogP contribution is -2.03. The standard InChI is InChI=1S/C13H10F3N3S/c1-19-9(6-12(17)18-19)11-5-7-4-8(13(14,15)16)2-3-10(7)20-11/h2-6H,1H3,(H2,17,18). The Balaban J connectivity index is 2.14. The fraction of sp³-hybridized carbons (Fsp3) is 0.154. The number of thiophene rings is 1. The molecule has 3 aromatic rings. The normalized spacial score (nSPS) is 12.2. The van der Waals surface area contributed by atoms with Gasteiger partial charge < -0.3 is 5.73 Å². The van der Waals surface area contributed by atoms with Crippen molar-refractivity contribution in [3.63, 3.8) is 0 Å². The first-order chi connectivity index (χ1) is 9.34. The van der Waals surface area contributed by atoms with Gasteiger partial charge in [0.25, 0.3) is 0 Å². The summed E-state index contributed by atoms with van der Waals surface area (Å²) in [4.78, 5) is 0.839. The van der Waals surface area contributed by atoms with Gasteiger partial charge in [0.2, 0.25) is 0 Å². The van der Waals surface area contributed by atoms with E-state index in [1.807, 2.05) is 0 Å². The Kier molecular flexibility index (Phi) is 2.75. The largest absolute Gasteiger partial charge is 0.416 e. The summed E-state index contributed by atoms with van der Waals surface area (Å²) in [6.45, 7) is 0. The third kappa shape index (κ3) is 2.14. The lowest BCUT2D eigenvalue weighted by atomic mass is 10.1. The van der Waals surface area contributed by atoms with Crippen molar-refractivity contribution in [3.8, 4) is 10.6 Å². The highest BCUT2D eigenvalue weighted by molar-refractivity contribution is 7.22. The monoisotopic (exact) mass is 297 g/mol. The molecule has 2 heterocycles. The van der Waals surface area contributed by atoms with Crippen LogP contribution in [0.3, 0.4) is 0 Å². The molecule has 0 saturated heterocycles. The van der Waals surface area contributed by atoms with E-state index < -0.39 is 11.7 Å². The van der Waals surface area contributed by atoms with Gasteiger partial charge in [-0.25, -0.2) is 0 Å². The van der Waals surface area contributed by atoms with Gasteiger partial charge in [0.05, 0.1) is 16.1 Å². The van der Waals surface area contributed by atoms with E-state index in [2.05, 4.69) is 5.10 Å². The number of aryl methyl sites for hydroxylation is 1. The fourth-order valence-electron chi connectivity index (χ4n) is 2.07. The first kappa shape index (κ1) is 13.0. The third-order valence-corrected chi connectivity index (χ3v) is 4.13. The summed E-state index contributed by atoms with van der Waals surface area (Å²) in [5.41, 5.74) is 5.77. The molecule has 3 rings (SSSR count). The van der Waals surface area contributed by atoms with Gasteiger partial charge in [-0.2, -0.15) is 18.3 Å². The number of alkyl halides is 3. The second kappa shape index (κ2) is 4.24. The van der Waals surface area contributed by atoms with Crippen LogP contribution in [0.2, 0.25) is 0 Å². The molecule has 2 N–H and O–H groups in total. The van der Waals surface area contributed by atoms with Crippen molar-refractivity contribution in [3.05, 3.63) is 35.9 Å². The second-order valence-electron chi connectivity index (χ2n) is 4.44. The predicted molar refractivity (Wildman–Crippen MR) is 73.4 cm³/mol. The highest BCUT2D eigenvalue weighted by Crippen LogP contribution is 2.37. The van der Waals surface area contributed by atoms with Gasteiger partial charge in [0, 0.05) is 17.8 Å². The molecule has 0 aliphatic carbocycles. The van der Waals surface area contributed by atoms with Gasteiger partial charge in [0.15, 0.2) is 0 Å². The van der Waals surface area contributed by atoms with E-state index in [0.717, 1.165) is 27.4 Å². The number of nitrogens with two attached hydrogens (primary N) is 1. The van der Waals surface area contributed by atoms with Gasteiger partial charge >= 0.3 is 6.18 Å². The Bertz CT molecular complexity index is 786. The number of rotatable bonds is 1. The zero-order valence-electron chi connectivity index (χ0n) is 10.4. The Morgan fingerprint density at radius 1 is 1.20 bits per heavy atom. The maximum Gasteiger partial charge on any atom is 0.416 e. The molecule has 0 atom stereocenters. The number of benzene rings is 1. The van der Waals surface area contributed by atoms with Gasteiger partial charge in [-0.15, -0.1) is 11.3 Å². The molecule has 0 bridgehead atoms. The minimum Gasteiger partial charge on any atom is -0.382 e. The van der Waals surface area contributed by atoms with E-state index in [4.69, 9.17) is 5.73 Å². The minimum atomic E-state index is -4.33. The second-order valence-corrected chi connectivity index (χ2v) is 5.52. The van der Waals surface area contributed by atoms with Crippen molar-refractivity contribution >= 4 is 27.2 Å². The molecule has 104 valence electrons. The fourth-order valence-corrected chi connectivity index (χ4v) is 3.16. The summed E-state index contributed by atoms with van der Waals surface area (Å²) < 4.78 is 40.5. The average molecular weight is 297 g/mol. The maximum absolute atomic E-state index is 12.7. The van der Waals surface area contributed by atoms with Crippen molar-refractivity contribution < 1.29 is 13.2 Å². The number of nitrogens with zero attached hydrogens (tertiary/aromatic N) is 2. The van der Waals surface area contributed by atoms with Crippen LogP contribution in [0.25, 0.3) is 20.7 Å². The highest BCUT2D eigenvalue weighted by Gasteiger charge is 2.30. The lowest BCUT2D eigenvalue weighted by Gasteiger charge is -2.05. The number of hydrogen-bond donors (Lipinski definition) is 1. The third-order valence-electron chi connectivity index (χ3n) is 2.99. The molecule has 0 amide bonds. The van der Waals surface area contributed by atoms with E-state index in [1.165, 1.54) is 17.4 Å². The zero-order valence-corrected chi connectivity index (χ0v) is 11.2. The molecule has 7 heteroatoms. The van der Waals surface area contributed by atoms with E-state index in [-0.39, 0.29) is 0 Å². The van der Waals surface area contributed by atoms with Gasteiger partial charge in [-0.1, -0.05) is 0 Å². The van der Waals surface area contributed by atoms with E-state index in [9.17, 15) is 13.2 Å².